The van der Waals surface area contributed by atoms with Gasteiger partial charge in [-0.2, -0.15) is 0 Å². The maximum Gasteiger partial charge on any atom is 0.338 e. The summed E-state index contributed by atoms with van der Waals surface area (Å²) in [6.07, 6.45) is 0. The van der Waals surface area contributed by atoms with Gasteiger partial charge in [0.25, 0.3) is 0 Å². The first-order valence-electron chi connectivity index (χ1n) is 7.27. The lowest BCUT2D eigenvalue weighted by Gasteiger charge is -2.10. The summed E-state index contributed by atoms with van der Waals surface area (Å²) >= 11 is 0. The van der Waals surface area contributed by atoms with Crippen LogP contribution in [0.5, 0.6) is 5.75 Å². The molecule has 2 N–H and O–H groups in total. The Morgan fingerprint density at radius 1 is 1.04 bits per heavy atom. The van der Waals surface area contributed by atoms with Crippen molar-refractivity contribution in [3.8, 4) is 5.75 Å². The minimum absolute atomic E-state index is 0.0474. The zero-order valence-electron chi connectivity index (χ0n) is 13.5. The smallest absolute Gasteiger partial charge is 0.338 e. The van der Waals surface area contributed by atoms with Crippen LogP contribution in [0.25, 0.3) is 0 Å². The largest absolute Gasteiger partial charge is 0.490 e. The van der Waals surface area contributed by atoms with Crippen LogP contribution in [-0.4, -0.2) is 27.6 Å². The Labute approximate surface area is 141 Å². The zero-order valence-corrected chi connectivity index (χ0v) is 14.3. The molecular weight excluding hydrogens is 330 g/mol. The SMILES string of the molecule is Cc1ccc(OCCOC(=O)c2cc(S(N)(=O)=O)ccc2C)cc1. The molecule has 0 saturated heterocycles. The van der Waals surface area contributed by atoms with Crippen LogP contribution in [0.4, 0.5) is 0 Å². The molecule has 0 amide bonds. The number of esters is 1. The highest BCUT2D eigenvalue weighted by atomic mass is 32.2. The fraction of sp³-hybridized carbons (Fsp3) is 0.235. The van der Waals surface area contributed by atoms with E-state index >= 15 is 0 Å². The lowest BCUT2D eigenvalue weighted by atomic mass is 10.1. The number of benzene rings is 2. The molecule has 0 aromatic heterocycles. The molecule has 0 saturated carbocycles. The third-order valence-electron chi connectivity index (χ3n) is 3.36. The third kappa shape index (κ3) is 4.81. The van der Waals surface area contributed by atoms with Gasteiger partial charge in [0.05, 0.1) is 10.5 Å². The number of rotatable bonds is 6. The van der Waals surface area contributed by atoms with E-state index in [1.54, 1.807) is 6.92 Å². The van der Waals surface area contributed by atoms with Gasteiger partial charge >= 0.3 is 5.97 Å². The molecule has 2 aromatic rings. The second kappa shape index (κ2) is 7.46. The van der Waals surface area contributed by atoms with Crippen LogP contribution in [0.1, 0.15) is 21.5 Å². The highest BCUT2D eigenvalue weighted by molar-refractivity contribution is 7.89. The van der Waals surface area contributed by atoms with E-state index in [1.807, 2.05) is 31.2 Å². The second-order valence-corrected chi connectivity index (χ2v) is 6.88. The van der Waals surface area contributed by atoms with Crippen molar-refractivity contribution in [1.82, 2.24) is 0 Å². The molecule has 2 aromatic carbocycles. The fourth-order valence-electron chi connectivity index (χ4n) is 2.00. The van der Waals surface area contributed by atoms with E-state index in [0.29, 0.717) is 11.3 Å². The molecule has 7 heteroatoms. The maximum absolute atomic E-state index is 12.1. The van der Waals surface area contributed by atoms with Crippen LogP contribution >= 0.6 is 0 Å². The molecule has 0 aliphatic heterocycles. The molecule has 24 heavy (non-hydrogen) atoms. The maximum atomic E-state index is 12.1. The van der Waals surface area contributed by atoms with Gasteiger partial charge in [-0.05, 0) is 43.7 Å². The van der Waals surface area contributed by atoms with Crippen LogP contribution < -0.4 is 9.88 Å². The Bertz CT molecular complexity index is 829. The van der Waals surface area contributed by atoms with Crippen molar-refractivity contribution in [3.05, 3.63) is 59.2 Å². The number of nitrogens with two attached hydrogens (primary N) is 1. The third-order valence-corrected chi connectivity index (χ3v) is 4.27. The van der Waals surface area contributed by atoms with Gasteiger partial charge in [0.2, 0.25) is 10.0 Å². The van der Waals surface area contributed by atoms with E-state index < -0.39 is 16.0 Å². The van der Waals surface area contributed by atoms with E-state index in [4.69, 9.17) is 14.6 Å². The second-order valence-electron chi connectivity index (χ2n) is 5.32. The van der Waals surface area contributed by atoms with Gasteiger partial charge in [0.15, 0.2) is 0 Å². The topological polar surface area (TPSA) is 95.7 Å². The first-order chi connectivity index (χ1) is 11.3. The molecule has 0 aliphatic rings. The minimum Gasteiger partial charge on any atom is -0.490 e. The van der Waals surface area contributed by atoms with E-state index in [9.17, 15) is 13.2 Å². The van der Waals surface area contributed by atoms with Crippen molar-refractivity contribution in [3.63, 3.8) is 0 Å². The predicted octanol–water partition coefficient (Wildman–Crippen LogP) is 2.19. The van der Waals surface area contributed by atoms with Crippen molar-refractivity contribution >= 4 is 16.0 Å². The quantitative estimate of drug-likeness (QED) is 0.637. The summed E-state index contributed by atoms with van der Waals surface area (Å²) in [4.78, 5) is 12.0. The average molecular weight is 349 g/mol. The zero-order chi connectivity index (χ0) is 17.7. The van der Waals surface area contributed by atoms with Crippen LogP contribution in [0.15, 0.2) is 47.4 Å². The summed E-state index contributed by atoms with van der Waals surface area (Å²) < 4.78 is 33.3. The summed E-state index contributed by atoms with van der Waals surface area (Å²) in [5.41, 5.74) is 1.89. The summed E-state index contributed by atoms with van der Waals surface area (Å²) in [5, 5.41) is 5.07. The lowest BCUT2D eigenvalue weighted by molar-refractivity contribution is 0.0449. The van der Waals surface area contributed by atoms with Crippen LogP contribution in [0.2, 0.25) is 0 Å². The molecule has 0 radical (unpaired) electrons. The van der Waals surface area contributed by atoms with Crippen molar-refractivity contribution in [2.24, 2.45) is 5.14 Å². The fourth-order valence-corrected chi connectivity index (χ4v) is 2.54. The lowest BCUT2D eigenvalue weighted by Crippen LogP contribution is -2.16. The van der Waals surface area contributed by atoms with E-state index in [0.717, 1.165) is 5.56 Å². The van der Waals surface area contributed by atoms with Crippen LogP contribution in [0, 0.1) is 13.8 Å². The van der Waals surface area contributed by atoms with Crippen LogP contribution in [0.3, 0.4) is 0 Å². The highest BCUT2D eigenvalue weighted by Crippen LogP contribution is 2.16. The summed E-state index contributed by atoms with van der Waals surface area (Å²) in [5.74, 6) is 0.0644. The summed E-state index contributed by atoms with van der Waals surface area (Å²) in [7, 11) is -3.87. The number of sulfonamides is 1. The van der Waals surface area contributed by atoms with Gasteiger partial charge in [-0.3, -0.25) is 0 Å². The predicted molar refractivity (Wildman–Crippen MR) is 89.5 cm³/mol. The number of carbonyl (C=O) groups is 1. The van der Waals surface area contributed by atoms with Gasteiger partial charge in [-0.15, -0.1) is 0 Å². The standard InChI is InChI=1S/C17H19NO5S/c1-12-3-6-14(7-4-12)22-9-10-23-17(19)16-11-15(24(18,20)21)8-5-13(16)2/h3-8,11H,9-10H2,1-2H3,(H2,18,20,21). The van der Waals surface area contributed by atoms with Gasteiger partial charge in [-0.25, -0.2) is 18.4 Å². The molecule has 0 heterocycles. The van der Waals surface area contributed by atoms with Gasteiger partial charge in [0.1, 0.15) is 19.0 Å². The monoisotopic (exact) mass is 349 g/mol. The van der Waals surface area contributed by atoms with Crippen molar-refractivity contribution in [2.75, 3.05) is 13.2 Å². The van der Waals surface area contributed by atoms with E-state index in [-0.39, 0.29) is 23.7 Å². The number of primary sulfonamides is 1. The molecule has 0 bridgehead atoms. The first kappa shape index (κ1) is 18.0. The van der Waals surface area contributed by atoms with Gasteiger partial charge in [-0.1, -0.05) is 23.8 Å². The van der Waals surface area contributed by atoms with Gasteiger partial charge in [0, 0.05) is 0 Å². The number of aryl methyl sites for hydroxylation is 2. The molecule has 2 rings (SSSR count). The number of carbonyl (C=O) groups excluding carboxylic acids is 1. The Kier molecular flexibility index (Phi) is 5.58. The van der Waals surface area contributed by atoms with E-state index in [2.05, 4.69) is 0 Å². The summed E-state index contributed by atoms with van der Waals surface area (Å²) in [6, 6.07) is 11.6. The molecule has 0 fully saturated rings. The highest BCUT2D eigenvalue weighted by Gasteiger charge is 2.15. The Balaban J connectivity index is 1.94. The summed E-state index contributed by atoms with van der Waals surface area (Å²) in [6.45, 7) is 3.91. The Morgan fingerprint density at radius 3 is 2.33 bits per heavy atom. The van der Waals surface area contributed by atoms with Crippen molar-refractivity contribution < 1.29 is 22.7 Å². The number of ether oxygens (including phenoxy) is 2. The molecule has 128 valence electrons. The van der Waals surface area contributed by atoms with Crippen LogP contribution in [-0.2, 0) is 14.8 Å². The number of hydrogen-bond acceptors (Lipinski definition) is 5. The molecule has 6 nitrogen and oxygen atoms in total. The first-order valence-corrected chi connectivity index (χ1v) is 8.82. The normalized spacial score (nSPS) is 11.1. The molecule has 0 unspecified atom stereocenters. The van der Waals surface area contributed by atoms with Gasteiger partial charge < -0.3 is 9.47 Å². The Morgan fingerprint density at radius 2 is 1.71 bits per heavy atom. The van der Waals surface area contributed by atoms with Crippen molar-refractivity contribution in [1.29, 1.82) is 0 Å². The number of hydrogen-bond donors (Lipinski definition) is 1. The average Bonchev–Trinajstić information content (AvgIpc) is 2.52. The molecule has 0 spiro atoms. The van der Waals surface area contributed by atoms with Crippen molar-refractivity contribution in [2.45, 2.75) is 18.7 Å². The van der Waals surface area contributed by atoms with E-state index in [1.165, 1.54) is 18.2 Å². The molecule has 0 aliphatic carbocycles. The minimum atomic E-state index is -3.87. The molecular formula is C17H19NO5S. The molecule has 0 atom stereocenters. The Hall–Kier alpha value is -2.38.